The van der Waals surface area contributed by atoms with Crippen LogP contribution in [0.5, 0.6) is 0 Å². The monoisotopic (exact) mass is 166 g/mol. The zero-order chi connectivity index (χ0) is 8.20. The minimum Gasteiger partial charge on any atom is -0.489 e. The summed E-state index contributed by atoms with van der Waals surface area (Å²) in [6.07, 6.45) is 0. The summed E-state index contributed by atoms with van der Waals surface area (Å²) in [5, 5.41) is 0. The van der Waals surface area contributed by atoms with Crippen molar-refractivity contribution in [3.05, 3.63) is 6.92 Å². The van der Waals surface area contributed by atoms with E-state index in [-0.39, 0.29) is 18.9 Å². The number of hydrogen-bond donors (Lipinski definition) is 0. The third-order valence-electron chi connectivity index (χ3n) is 1.12. The van der Waals surface area contributed by atoms with Gasteiger partial charge in [-0.3, -0.25) is 11.7 Å². The van der Waals surface area contributed by atoms with Gasteiger partial charge in [-0.15, -0.1) is 0 Å². The van der Waals surface area contributed by atoms with E-state index in [2.05, 4.69) is 26.6 Å². The maximum atomic E-state index is 10.2. The van der Waals surface area contributed by atoms with Gasteiger partial charge in [0.15, 0.2) is 5.97 Å². The van der Waals surface area contributed by atoms with Crippen LogP contribution in [0.25, 0.3) is 0 Å². The average Bonchev–Trinajstić information content (AvgIpc) is 1.59. The van der Waals surface area contributed by atoms with Gasteiger partial charge in [-0.05, 0) is 6.04 Å². The molecule has 0 aliphatic heterocycles. The Morgan fingerprint density at radius 1 is 1.45 bits per heavy atom. The van der Waals surface area contributed by atoms with Gasteiger partial charge in [-0.1, -0.05) is 19.6 Å². The molecular formula is C7H15LiO2Si. The summed E-state index contributed by atoms with van der Waals surface area (Å²) in [7, 11) is -1.03. The first-order chi connectivity index (χ1) is 4.42. The number of carbonyl (C=O) groups excluding carboxylic acids is 1. The number of ether oxygens (including phenoxy) is 1. The van der Waals surface area contributed by atoms with Crippen LogP contribution in [0.1, 0.15) is 0 Å². The van der Waals surface area contributed by atoms with Crippen molar-refractivity contribution in [1.29, 1.82) is 0 Å². The van der Waals surface area contributed by atoms with E-state index in [4.69, 9.17) is 4.74 Å². The summed E-state index contributed by atoms with van der Waals surface area (Å²) < 4.78 is 4.70. The smallest absolute Gasteiger partial charge is 0.489 e. The summed E-state index contributed by atoms with van der Waals surface area (Å²) in [6, 6.07) is 1.02. The van der Waals surface area contributed by atoms with E-state index in [9.17, 15) is 4.79 Å². The molecule has 0 bridgehead atoms. The van der Waals surface area contributed by atoms with Gasteiger partial charge in [-0.2, -0.15) is 0 Å². The van der Waals surface area contributed by atoms with E-state index in [0.717, 1.165) is 6.04 Å². The molecule has 0 amide bonds. The maximum Gasteiger partial charge on any atom is 1.00 e. The van der Waals surface area contributed by atoms with Crippen LogP contribution in [-0.4, -0.2) is 20.7 Å². The Bertz CT molecular complexity index is 120. The summed E-state index contributed by atoms with van der Waals surface area (Å²) in [6.45, 7) is 10.4. The standard InChI is InChI=1S/C7H15O2Si.Li/c1-7(8)9-5-6-10(2,3)4;/h1,5-6H2,2-4H3;/q-1;+1. The zero-order valence-corrected chi connectivity index (χ0v) is 8.94. The summed E-state index contributed by atoms with van der Waals surface area (Å²) in [4.78, 5) is 10.2. The van der Waals surface area contributed by atoms with Crippen molar-refractivity contribution in [2.24, 2.45) is 0 Å². The van der Waals surface area contributed by atoms with Crippen molar-refractivity contribution >= 4 is 14.0 Å². The van der Waals surface area contributed by atoms with Crippen LogP contribution in [0.2, 0.25) is 25.7 Å². The average molecular weight is 166 g/mol. The van der Waals surface area contributed by atoms with E-state index in [1.54, 1.807) is 0 Å². The van der Waals surface area contributed by atoms with E-state index in [0.29, 0.717) is 6.61 Å². The third kappa shape index (κ3) is 13.2. The second-order valence-electron chi connectivity index (χ2n) is 3.53. The minimum atomic E-state index is -1.03. The number of rotatable bonds is 3. The van der Waals surface area contributed by atoms with Crippen molar-refractivity contribution in [3.8, 4) is 0 Å². The number of esters is 1. The van der Waals surface area contributed by atoms with Gasteiger partial charge in [0.2, 0.25) is 0 Å². The largest absolute Gasteiger partial charge is 1.00 e. The third-order valence-corrected chi connectivity index (χ3v) is 2.82. The van der Waals surface area contributed by atoms with Gasteiger partial charge in [-0.25, -0.2) is 0 Å². The molecule has 0 aliphatic carbocycles. The van der Waals surface area contributed by atoms with Crippen LogP contribution in [0.4, 0.5) is 0 Å². The number of hydrogen-bond acceptors (Lipinski definition) is 2. The fraction of sp³-hybridized carbons (Fsp3) is 0.714. The zero-order valence-electron chi connectivity index (χ0n) is 7.94. The van der Waals surface area contributed by atoms with Gasteiger partial charge < -0.3 is 4.74 Å². The molecule has 4 heteroatoms. The Kier molecular flexibility index (Phi) is 7.19. The predicted molar refractivity (Wildman–Crippen MR) is 44.5 cm³/mol. The second kappa shape index (κ2) is 5.76. The van der Waals surface area contributed by atoms with Crippen molar-refractivity contribution in [2.75, 3.05) is 6.61 Å². The molecule has 0 N–H and O–H groups in total. The minimum absolute atomic E-state index is 0. The first-order valence-electron chi connectivity index (χ1n) is 3.40. The van der Waals surface area contributed by atoms with Gasteiger partial charge >= 0.3 is 18.9 Å². The Morgan fingerprint density at radius 2 is 1.91 bits per heavy atom. The molecule has 0 aromatic rings. The van der Waals surface area contributed by atoms with Crippen molar-refractivity contribution < 1.29 is 28.4 Å². The van der Waals surface area contributed by atoms with Crippen molar-refractivity contribution in [3.63, 3.8) is 0 Å². The quantitative estimate of drug-likeness (QED) is 0.296. The van der Waals surface area contributed by atoms with Crippen LogP contribution >= 0.6 is 0 Å². The molecule has 0 saturated heterocycles. The fourth-order valence-corrected chi connectivity index (χ4v) is 1.19. The molecule has 0 aliphatic rings. The van der Waals surface area contributed by atoms with Crippen molar-refractivity contribution in [1.82, 2.24) is 0 Å². The van der Waals surface area contributed by atoms with E-state index >= 15 is 0 Å². The first-order valence-corrected chi connectivity index (χ1v) is 7.11. The molecule has 0 atom stereocenters. The van der Waals surface area contributed by atoms with Gasteiger partial charge in [0.1, 0.15) is 0 Å². The van der Waals surface area contributed by atoms with Crippen LogP contribution in [0.3, 0.4) is 0 Å². The molecule has 11 heavy (non-hydrogen) atoms. The molecule has 0 saturated carbocycles. The van der Waals surface area contributed by atoms with Gasteiger partial charge in [0.05, 0.1) is 6.61 Å². The normalized spacial score (nSPS) is 10.1. The summed E-state index contributed by atoms with van der Waals surface area (Å²) in [5.74, 6) is -0.418. The Morgan fingerprint density at radius 3 is 2.18 bits per heavy atom. The molecule has 0 unspecified atom stereocenters. The fourth-order valence-electron chi connectivity index (χ4n) is 0.471. The SMILES string of the molecule is [CH2-]C(=O)OCC[Si](C)(C)C.[Li+]. The molecule has 0 radical (unpaired) electrons. The van der Waals surface area contributed by atoms with E-state index in [1.807, 2.05) is 0 Å². The van der Waals surface area contributed by atoms with Crippen molar-refractivity contribution in [2.45, 2.75) is 25.7 Å². The molecular weight excluding hydrogens is 151 g/mol. The molecule has 0 aromatic heterocycles. The molecule has 60 valence electrons. The predicted octanol–water partition coefficient (Wildman–Crippen LogP) is -1.29. The van der Waals surface area contributed by atoms with Crippen LogP contribution in [0, 0.1) is 6.92 Å². The number of carbonyl (C=O) groups is 1. The van der Waals surface area contributed by atoms with Gasteiger partial charge in [0.25, 0.3) is 0 Å². The molecule has 0 spiro atoms. The second-order valence-corrected chi connectivity index (χ2v) is 9.15. The molecule has 0 heterocycles. The van der Waals surface area contributed by atoms with Gasteiger partial charge in [0, 0.05) is 8.07 Å². The first kappa shape index (κ1) is 13.7. The van der Waals surface area contributed by atoms with E-state index < -0.39 is 14.0 Å². The molecule has 0 aromatic carbocycles. The van der Waals surface area contributed by atoms with E-state index in [1.165, 1.54) is 0 Å². The van der Waals surface area contributed by atoms with Crippen LogP contribution in [0.15, 0.2) is 0 Å². The van der Waals surface area contributed by atoms with Crippen LogP contribution in [-0.2, 0) is 9.53 Å². The Labute approximate surface area is 81.9 Å². The topological polar surface area (TPSA) is 26.3 Å². The molecule has 2 nitrogen and oxygen atoms in total. The molecule has 0 rings (SSSR count). The molecule has 0 fully saturated rings. The summed E-state index contributed by atoms with van der Waals surface area (Å²) >= 11 is 0. The Hall–Kier alpha value is 0.154. The van der Waals surface area contributed by atoms with Crippen LogP contribution < -0.4 is 18.9 Å². The maximum absolute atomic E-state index is 10.2. The summed E-state index contributed by atoms with van der Waals surface area (Å²) in [5.41, 5.74) is 0. The Balaban J connectivity index is 0.